The minimum atomic E-state index is -0.0990. The van der Waals surface area contributed by atoms with Crippen molar-refractivity contribution < 1.29 is 4.79 Å². The smallest absolute Gasteiger partial charge is 0.251 e. The van der Waals surface area contributed by atoms with Crippen LogP contribution in [0, 0.1) is 0 Å². The molecule has 94 valence electrons. The molecule has 2 aromatic rings. The third-order valence-electron chi connectivity index (χ3n) is 2.55. The number of benzene rings is 1. The van der Waals surface area contributed by atoms with E-state index >= 15 is 0 Å². The van der Waals surface area contributed by atoms with E-state index in [1.165, 1.54) is 0 Å². The molecule has 0 atom stereocenters. The summed E-state index contributed by atoms with van der Waals surface area (Å²) in [5.74, 6) is 5.15. The number of nitrogen functional groups attached to an aromatic ring is 1. The largest absolute Gasteiger partial charge is 0.352 e. The molecule has 0 saturated heterocycles. The van der Waals surface area contributed by atoms with Crippen LogP contribution < -0.4 is 16.6 Å². The number of rotatable bonds is 5. The zero-order valence-electron chi connectivity index (χ0n) is 9.81. The van der Waals surface area contributed by atoms with E-state index in [1.54, 1.807) is 36.8 Å². The normalized spacial score (nSPS) is 10.1. The molecular weight excluding hydrogens is 230 g/mol. The summed E-state index contributed by atoms with van der Waals surface area (Å²) in [6, 6.07) is 6.95. The van der Waals surface area contributed by atoms with Gasteiger partial charge in [-0.3, -0.25) is 10.6 Å². The number of aromatic amines is 1. The van der Waals surface area contributed by atoms with Crippen LogP contribution in [0.15, 0.2) is 36.8 Å². The maximum absolute atomic E-state index is 11.8. The summed E-state index contributed by atoms with van der Waals surface area (Å²) in [6.45, 7) is 0.567. The summed E-state index contributed by atoms with van der Waals surface area (Å²) in [7, 11) is 0. The van der Waals surface area contributed by atoms with Crippen LogP contribution in [-0.2, 0) is 6.42 Å². The molecule has 0 aliphatic rings. The lowest BCUT2D eigenvalue weighted by Gasteiger charge is -2.05. The third kappa shape index (κ3) is 3.08. The summed E-state index contributed by atoms with van der Waals surface area (Å²) in [5.41, 5.74) is 4.89. The predicted octanol–water partition coefficient (Wildman–Crippen LogP) is 0.668. The van der Waals surface area contributed by atoms with Crippen LogP contribution in [0.4, 0.5) is 5.69 Å². The van der Waals surface area contributed by atoms with Gasteiger partial charge in [-0.2, -0.15) is 0 Å². The highest BCUT2D eigenvalue weighted by molar-refractivity contribution is 5.94. The molecule has 0 saturated carbocycles. The van der Waals surface area contributed by atoms with Crippen molar-refractivity contribution in [3.8, 4) is 0 Å². The van der Waals surface area contributed by atoms with Crippen LogP contribution >= 0.6 is 0 Å². The molecule has 1 aromatic carbocycles. The molecule has 0 unspecified atom stereocenters. The Hall–Kier alpha value is -2.34. The third-order valence-corrected chi connectivity index (χ3v) is 2.55. The fourth-order valence-electron chi connectivity index (χ4n) is 1.55. The van der Waals surface area contributed by atoms with Crippen molar-refractivity contribution in [2.24, 2.45) is 5.84 Å². The fourth-order valence-corrected chi connectivity index (χ4v) is 1.55. The lowest BCUT2D eigenvalue weighted by molar-refractivity contribution is 0.0954. The van der Waals surface area contributed by atoms with Gasteiger partial charge in [0.05, 0.1) is 6.33 Å². The van der Waals surface area contributed by atoms with E-state index in [9.17, 15) is 4.79 Å². The highest BCUT2D eigenvalue weighted by Crippen LogP contribution is 2.07. The van der Waals surface area contributed by atoms with E-state index in [0.29, 0.717) is 12.1 Å². The highest BCUT2D eigenvalue weighted by atomic mass is 16.1. The van der Waals surface area contributed by atoms with Crippen LogP contribution in [0.5, 0.6) is 0 Å². The van der Waals surface area contributed by atoms with Gasteiger partial charge >= 0.3 is 0 Å². The summed E-state index contributed by atoms with van der Waals surface area (Å²) < 4.78 is 0. The minimum absolute atomic E-state index is 0.0990. The standard InChI is InChI=1S/C12H15N5O/c13-17-10-3-1-9(2-4-10)12(18)15-6-5-11-7-14-8-16-11/h1-4,7-8,17H,5-6,13H2,(H,14,16)(H,15,18). The van der Waals surface area contributed by atoms with Gasteiger partial charge in [-0.1, -0.05) is 0 Å². The predicted molar refractivity (Wildman–Crippen MR) is 68.9 cm³/mol. The lowest BCUT2D eigenvalue weighted by Crippen LogP contribution is -2.25. The van der Waals surface area contributed by atoms with Crippen molar-refractivity contribution in [2.75, 3.05) is 12.0 Å². The molecule has 2 rings (SSSR count). The lowest BCUT2D eigenvalue weighted by atomic mass is 10.2. The summed E-state index contributed by atoms with van der Waals surface area (Å²) >= 11 is 0. The van der Waals surface area contributed by atoms with E-state index in [4.69, 9.17) is 5.84 Å². The average molecular weight is 245 g/mol. The van der Waals surface area contributed by atoms with Gasteiger partial charge in [-0.25, -0.2) is 4.98 Å². The quantitative estimate of drug-likeness (QED) is 0.460. The molecular formula is C12H15N5O. The van der Waals surface area contributed by atoms with Crippen molar-refractivity contribution in [3.05, 3.63) is 48.0 Å². The second kappa shape index (κ2) is 5.83. The second-order valence-electron chi connectivity index (χ2n) is 3.80. The molecule has 1 amide bonds. The number of hydrazine groups is 1. The Morgan fingerprint density at radius 3 is 2.72 bits per heavy atom. The Kier molecular flexibility index (Phi) is 3.93. The van der Waals surface area contributed by atoms with Gasteiger partial charge in [0.15, 0.2) is 0 Å². The Balaban J connectivity index is 1.83. The van der Waals surface area contributed by atoms with Crippen LogP contribution in [0.3, 0.4) is 0 Å². The molecule has 0 radical (unpaired) electrons. The number of aromatic nitrogens is 2. The van der Waals surface area contributed by atoms with Crippen LogP contribution in [0.2, 0.25) is 0 Å². The molecule has 0 aliphatic heterocycles. The van der Waals surface area contributed by atoms with Crippen LogP contribution in [0.1, 0.15) is 16.1 Å². The van der Waals surface area contributed by atoms with Crippen LogP contribution in [-0.4, -0.2) is 22.4 Å². The average Bonchev–Trinajstić information content (AvgIpc) is 2.92. The van der Waals surface area contributed by atoms with E-state index in [2.05, 4.69) is 20.7 Å². The maximum atomic E-state index is 11.8. The first kappa shape index (κ1) is 12.1. The number of hydrogen-bond acceptors (Lipinski definition) is 4. The number of nitrogens with one attached hydrogen (secondary N) is 3. The number of H-pyrrole nitrogens is 1. The van der Waals surface area contributed by atoms with Crippen molar-refractivity contribution in [1.29, 1.82) is 0 Å². The molecule has 0 fully saturated rings. The van der Waals surface area contributed by atoms with E-state index in [0.717, 1.165) is 17.8 Å². The summed E-state index contributed by atoms with van der Waals surface area (Å²) in [5, 5.41) is 2.84. The zero-order chi connectivity index (χ0) is 12.8. The van der Waals surface area contributed by atoms with Crippen LogP contribution in [0.25, 0.3) is 0 Å². The van der Waals surface area contributed by atoms with E-state index in [-0.39, 0.29) is 5.91 Å². The minimum Gasteiger partial charge on any atom is -0.352 e. The first-order valence-corrected chi connectivity index (χ1v) is 5.62. The van der Waals surface area contributed by atoms with Crippen molar-refractivity contribution in [3.63, 3.8) is 0 Å². The van der Waals surface area contributed by atoms with E-state index < -0.39 is 0 Å². The molecule has 0 spiro atoms. The summed E-state index contributed by atoms with van der Waals surface area (Å²) in [6.07, 6.45) is 4.09. The van der Waals surface area contributed by atoms with Gasteiger partial charge < -0.3 is 15.7 Å². The van der Waals surface area contributed by atoms with Crippen molar-refractivity contribution in [2.45, 2.75) is 6.42 Å². The SMILES string of the molecule is NNc1ccc(C(=O)NCCc2cnc[nH]2)cc1. The van der Waals surface area contributed by atoms with E-state index in [1.807, 2.05) is 0 Å². The van der Waals surface area contributed by atoms with Gasteiger partial charge in [0.1, 0.15) is 0 Å². The number of nitrogens with two attached hydrogens (primary N) is 1. The molecule has 6 nitrogen and oxygen atoms in total. The number of amides is 1. The molecule has 1 aromatic heterocycles. The Morgan fingerprint density at radius 1 is 1.33 bits per heavy atom. The number of carbonyl (C=O) groups is 1. The highest BCUT2D eigenvalue weighted by Gasteiger charge is 2.04. The number of imidazole rings is 1. The Labute approximate surface area is 105 Å². The first-order chi connectivity index (χ1) is 8.79. The monoisotopic (exact) mass is 245 g/mol. The zero-order valence-corrected chi connectivity index (χ0v) is 9.81. The van der Waals surface area contributed by atoms with Crippen molar-refractivity contribution >= 4 is 11.6 Å². The van der Waals surface area contributed by atoms with Gasteiger partial charge in [0.25, 0.3) is 5.91 Å². The molecule has 0 aliphatic carbocycles. The molecule has 0 bridgehead atoms. The van der Waals surface area contributed by atoms with Crippen molar-refractivity contribution in [1.82, 2.24) is 15.3 Å². The van der Waals surface area contributed by atoms with Gasteiger partial charge in [0.2, 0.25) is 0 Å². The number of nitrogens with zero attached hydrogens (tertiary/aromatic N) is 1. The number of carbonyl (C=O) groups excluding carboxylic acids is 1. The van der Waals surface area contributed by atoms with Gasteiger partial charge in [-0.05, 0) is 24.3 Å². The molecule has 18 heavy (non-hydrogen) atoms. The Morgan fingerprint density at radius 2 is 2.11 bits per heavy atom. The Bertz CT molecular complexity index is 492. The molecule has 6 heteroatoms. The first-order valence-electron chi connectivity index (χ1n) is 5.62. The molecule has 1 heterocycles. The topological polar surface area (TPSA) is 95.8 Å². The summed E-state index contributed by atoms with van der Waals surface area (Å²) in [4.78, 5) is 18.7. The van der Waals surface area contributed by atoms with Gasteiger partial charge in [0, 0.05) is 36.1 Å². The second-order valence-corrected chi connectivity index (χ2v) is 3.80. The fraction of sp³-hybridized carbons (Fsp3) is 0.167. The number of anilines is 1. The molecule has 5 N–H and O–H groups in total. The number of hydrogen-bond donors (Lipinski definition) is 4. The van der Waals surface area contributed by atoms with Gasteiger partial charge in [-0.15, -0.1) is 0 Å². The maximum Gasteiger partial charge on any atom is 0.251 e.